The zero-order valence-corrected chi connectivity index (χ0v) is 10.7. The number of hydrogen-bond donors (Lipinski definition) is 1. The second-order valence-electron chi connectivity index (χ2n) is 4.68. The van der Waals surface area contributed by atoms with Crippen LogP contribution in [0.4, 0.5) is 0 Å². The van der Waals surface area contributed by atoms with Gasteiger partial charge in [-0.1, -0.05) is 30.3 Å². The van der Waals surface area contributed by atoms with Crippen LogP contribution in [0.1, 0.15) is 23.6 Å². The van der Waals surface area contributed by atoms with E-state index in [4.69, 9.17) is 0 Å². The molecule has 1 heterocycles. The highest BCUT2D eigenvalue weighted by atomic mass is 15.2. The van der Waals surface area contributed by atoms with Crippen LogP contribution >= 0.6 is 0 Å². The van der Waals surface area contributed by atoms with Crippen molar-refractivity contribution in [3.05, 3.63) is 48.0 Å². The molecule has 2 rings (SSSR count). The lowest BCUT2D eigenvalue weighted by Crippen LogP contribution is -2.45. The average molecular weight is 230 g/mol. The fraction of sp³-hybridized carbons (Fsp3) is 0.467. The summed E-state index contributed by atoms with van der Waals surface area (Å²) in [5.74, 6) is 0. The highest BCUT2D eigenvalue weighted by Gasteiger charge is 2.21. The van der Waals surface area contributed by atoms with Gasteiger partial charge in [-0.2, -0.15) is 0 Å². The lowest BCUT2D eigenvalue weighted by molar-refractivity contribution is 0.174. The Morgan fingerprint density at radius 3 is 2.71 bits per heavy atom. The number of nitrogens with one attached hydrogen (secondary N) is 1. The van der Waals surface area contributed by atoms with E-state index in [0.29, 0.717) is 6.04 Å². The first-order valence-electron chi connectivity index (χ1n) is 6.44. The molecule has 1 aromatic carbocycles. The molecule has 0 saturated carbocycles. The van der Waals surface area contributed by atoms with E-state index < -0.39 is 0 Å². The summed E-state index contributed by atoms with van der Waals surface area (Å²) in [6.07, 6.45) is 3.07. The van der Waals surface area contributed by atoms with Gasteiger partial charge in [0.05, 0.1) is 0 Å². The normalized spacial score (nSPS) is 18.9. The summed E-state index contributed by atoms with van der Waals surface area (Å²) in [6, 6.07) is 9.21. The highest BCUT2D eigenvalue weighted by molar-refractivity contribution is 5.29. The van der Waals surface area contributed by atoms with E-state index in [-0.39, 0.29) is 0 Å². The molecule has 0 amide bonds. The first kappa shape index (κ1) is 12.3. The summed E-state index contributed by atoms with van der Waals surface area (Å²) in [5.41, 5.74) is 2.84. The van der Waals surface area contributed by atoms with Crippen molar-refractivity contribution in [3.8, 4) is 0 Å². The molecule has 0 aromatic heterocycles. The molecule has 1 saturated heterocycles. The summed E-state index contributed by atoms with van der Waals surface area (Å²) in [6.45, 7) is 10.6. The minimum Gasteiger partial charge on any atom is -0.314 e. The third-order valence-electron chi connectivity index (χ3n) is 3.53. The fourth-order valence-electron chi connectivity index (χ4n) is 2.59. The summed E-state index contributed by atoms with van der Waals surface area (Å²) >= 11 is 0. The van der Waals surface area contributed by atoms with Crippen molar-refractivity contribution >= 4 is 0 Å². The second kappa shape index (κ2) is 5.99. The predicted octanol–water partition coefficient (Wildman–Crippen LogP) is 2.52. The molecule has 0 aliphatic carbocycles. The second-order valence-corrected chi connectivity index (χ2v) is 4.68. The molecule has 1 N–H and O–H groups in total. The van der Waals surface area contributed by atoms with Crippen LogP contribution in [0.15, 0.2) is 36.9 Å². The minimum absolute atomic E-state index is 0.496. The Bertz CT molecular complexity index is 367. The van der Waals surface area contributed by atoms with Crippen molar-refractivity contribution in [2.75, 3.05) is 26.2 Å². The Kier molecular flexibility index (Phi) is 4.35. The summed E-state index contributed by atoms with van der Waals surface area (Å²) < 4.78 is 0. The van der Waals surface area contributed by atoms with E-state index in [2.05, 4.69) is 48.0 Å². The van der Waals surface area contributed by atoms with Crippen molar-refractivity contribution in [2.45, 2.75) is 19.4 Å². The van der Waals surface area contributed by atoms with Crippen LogP contribution < -0.4 is 5.32 Å². The van der Waals surface area contributed by atoms with Crippen molar-refractivity contribution in [3.63, 3.8) is 0 Å². The number of piperazine rings is 1. The highest BCUT2D eigenvalue weighted by Crippen LogP contribution is 2.27. The molecule has 1 aliphatic rings. The molecule has 1 aromatic rings. The van der Waals surface area contributed by atoms with Gasteiger partial charge in [0.25, 0.3) is 0 Å². The Balaban J connectivity index is 2.21. The van der Waals surface area contributed by atoms with Gasteiger partial charge in [-0.05, 0) is 24.5 Å². The number of benzene rings is 1. The van der Waals surface area contributed by atoms with Crippen LogP contribution in [0, 0.1) is 6.92 Å². The Hall–Kier alpha value is -1.12. The third-order valence-corrected chi connectivity index (χ3v) is 3.53. The maximum atomic E-state index is 3.91. The van der Waals surface area contributed by atoms with Gasteiger partial charge < -0.3 is 5.32 Å². The summed E-state index contributed by atoms with van der Waals surface area (Å²) in [5, 5.41) is 3.41. The molecule has 2 heteroatoms. The lowest BCUT2D eigenvalue weighted by atomic mass is 9.97. The van der Waals surface area contributed by atoms with Crippen LogP contribution in [0.2, 0.25) is 0 Å². The van der Waals surface area contributed by atoms with E-state index in [1.54, 1.807) is 0 Å². The molecule has 92 valence electrons. The maximum Gasteiger partial charge on any atom is 0.0386 e. The van der Waals surface area contributed by atoms with E-state index >= 15 is 0 Å². The van der Waals surface area contributed by atoms with Gasteiger partial charge in [0.2, 0.25) is 0 Å². The topological polar surface area (TPSA) is 15.3 Å². The molecule has 1 aliphatic heterocycles. The number of aryl methyl sites for hydroxylation is 1. The van der Waals surface area contributed by atoms with Gasteiger partial charge in [0.1, 0.15) is 0 Å². The van der Waals surface area contributed by atoms with Gasteiger partial charge in [-0.15, -0.1) is 6.58 Å². The predicted molar refractivity (Wildman–Crippen MR) is 73.2 cm³/mol. The largest absolute Gasteiger partial charge is 0.314 e. The van der Waals surface area contributed by atoms with Crippen molar-refractivity contribution in [1.29, 1.82) is 0 Å². The van der Waals surface area contributed by atoms with Crippen molar-refractivity contribution < 1.29 is 0 Å². The quantitative estimate of drug-likeness (QED) is 0.800. The fourth-order valence-corrected chi connectivity index (χ4v) is 2.59. The van der Waals surface area contributed by atoms with Gasteiger partial charge in [0, 0.05) is 32.2 Å². The smallest absolute Gasteiger partial charge is 0.0386 e. The molecule has 1 atom stereocenters. The van der Waals surface area contributed by atoms with Gasteiger partial charge in [-0.3, -0.25) is 4.90 Å². The van der Waals surface area contributed by atoms with Gasteiger partial charge >= 0.3 is 0 Å². The van der Waals surface area contributed by atoms with E-state index in [1.165, 1.54) is 11.1 Å². The zero-order chi connectivity index (χ0) is 12.1. The Labute approximate surface area is 104 Å². The molecule has 0 radical (unpaired) electrons. The zero-order valence-electron chi connectivity index (χ0n) is 10.7. The number of hydrogen-bond acceptors (Lipinski definition) is 2. The van der Waals surface area contributed by atoms with Crippen molar-refractivity contribution in [2.24, 2.45) is 0 Å². The molecule has 0 spiro atoms. The van der Waals surface area contributed by atoms with Gasteiger partial charge in [0.15, 0.2) is 0 Å². The van der Waals surface area contributed by atoms with E-state index in [0.717, 1.165) is 32.6 Å². The molecule has 17 heavy (non-hydrogen) atoms. The number of rotatable bonds is 4. The summed E-state index contributed by atoms with van der Waals surface area (Å²) in [4.78, 5) is 2.57. The lowest BCUT2D eigenvalue weighted by Gasteiger charge is -2.35. The van der Waals surface area contributed by atoms with Crippen LogP contribution in [0.25, 0.3) is 0 Å². The van der Waals surface area contributed by atoms with Gasteiger partial charge in [-0.25, -0.2) is 0 Å². The van der Waals surface area contributed by atoms with Crippen LogP contribution in [0.5, 0.6) is 0 Å². The monoisotopic (exact) mass is 230 g/mol. The molecule has 1 fully saturated rings. The minimum atomic E-state index is 0.496. The van der Waals surface area contributed by atoms with Crippen LogP contribution in [-0.4, -0.2) is 31.1 Å². The first-order valence-corrected chi connectivity index (χ1v) is 6.44. The third kappa shape index (κ3) is 2.96. The first-order chi connectivity index (χ1) is 8.33. The SMILES string of the molecule is C=CC[C@@H](c1ccccc1C)N1CCNCC1. The summed E-state index contributed by atoms with van der Waals surface area (Å²) in [7, 11) is 0. The van der Waals surface area contributed by atoms with Crippen LogP contribution in [0.3, 0.4) is 0 Å². The van der Waals surface area contributed by atoms with Crippen molar-refractivity contribution in [1.82, 2.24) is 10.2 Å². The molecule has 0 bridgehead atoms. The van der Waals surface area contributed by atoms with E-state index in [1.807, 2.05) is 6.08 Å². The Morgan fingerprint density at radius 2 is 2.06 bits per heavy atom. The molecule has 0 unspecified atom stereocenters. The molecule has 2 nitrogen and oxygen atoms in total. The standard InChI is InChI=1S/C15H22N2/c1-3-6-15(17-11-9-16-10-12-17)14-8-5-4-7-13(14)2/h3-5,7-8,15-16H,1,6,9-12H2,2H3/t15-/m0/s1. The number of nitrogens with zero attached hydrogens (tertiary/aromatic N) is 1. The van der Waals surface area contributed by atoms with E-state index in [9.17, 15) is 0 Å². The molecular formula is C15H22N2. The molecular weight excluding hydrogens is 208 g/mol. The average Bonchev–Trinajstić information content (AvgIpc) is 2.38. The Morgan fingerprint density at radius 1 is 1.35 bits per heavy atom. The van der Waals surface area contributed by atoms with Crippen LogP contribution in [-0.2, 0) is 0 Å². The maximum absolute atomic E-state index is 3.91.